The van der Waals surface area contributed by atoms with Crippen LogP contribution in [0.2, 0.25) is 0 Å². The molecule has 1 saturated heterocycles. The van der Waals surface area contributed by atoms with Crippen LogP contribution >= 0.6 is 15.9 Å². The monoisotopic (exact) mass is 339 g/mol. The van der Waals surface area contributed by atoms with E-state index in [2.05, 4.69) is 31.1 Å². The molecule has 0 bridgehead atoms. The van der Waals surface area contributed by atoms with Gasteiger partial charge in [0.2, 0.25) is 5.82 Å². The van der Waals surface area contributed by atoms with Crippen molar-refractivity contribution in [3.8, 4) is 11.5 Å². The molecule has 3 rings (SSSR count). The second-order valence-electron chi connectivity index (χ2n) is 4.92. The van der Waals surface area contributed by atoms with Gasteiger partial charge in [0.05, 0.1) is 0 Å². The molecule has 0 atom stereocenters. The summed E-state index contributed by atoms with van der Waals surface area (Å²) in [6.45, 7) is 2.94. The van der Waals surface area contributed by atoms with Crippen LogP contribution in [0.4, 0.5) is 0 Å². The molecule has 0 radical (unpaired) electrons. The molecule has 1 aliphatic rings. The van der Waals surface area contributed by atoms with E-state index in [1.807, 2.05) is 19.1 Å². The minimum Gasteiger partial charge on any atom is -0.381 e. The summed E-state index contributed by atoms with van der Waals surface area (Å²) < 4.78 is 11.2. The number of hydrogen-bond acceptors (Lipinski definition) is 6. The minimum absolute atomic E-state index is 0.232. The van der Waals surface area contributed by atoms with Gasteiger partial charge < -0.3 is 14.4 Å². The van der Waals surface area contributed by atoms with Gasteiger partial charge in [0.25, 0.3) is 5.89 Å². The van der Waals surface area contributed by atoms with E-state index in [1.165, 1.54) is 0 Å². The summed E-state index contributed by atoms with van der Waals surface area (Å²) in [6.07, 6.45) is 0.916. The molecule has 2 aromatic rings. The predicted molar refractivity (Wildman–Crippen MR) is 73.9 cm³/mol. The Bertz CT molecular complexity index is 603. The van der Waals surface area contributed by atoms with Gasteiger partial charge in [-0.05, 0) is 40.5 Å². The first-order chi connectivity index (χ1) is 9.57. The van der Waals surface area contributed by atoms with Gasteiger partial charge in [-0.2, -0.15) is 4.98 Å². The average molecular weight is 340 g/mol. The van der Waals surface area contributed by atoms with E-state index in [1.54, 1.807) is 0 Å². The van der Waals surface area contributed by atoms with Gasteiger partial charge in [-0.1, -0.05) is 5.16 Å². The molecule has 1 aliphatic heterocycles. The lowest BCUT2D eigenvalue weighted by molar-refractivity contribution is -0.0856. The Morgan fingerprint density at radius 2 is 2.00 bits per heavy atom. The van der Waals surface area contributed by atoms with Crippen LogP contribution in [0.25, 0.3) is 11.5 Å². The number of aryl methyl sites for hydroxylation is 1. The van der Waals surface area contributed by atoms with Gasteiger partial charge in [0.15, 0.2) is 0 Å². The molecule has 3 heterocycles. The van der Waals surface area contributed by atoms with Crippen LogP contribution < -0.4 is 0 Å². The second-order valence-corrected chi connectivity index (χ2v) is 5.73. The van der Waals surface area contributed by atoms with Crippen LogP contribution in [0.5, 0.6) is 0 Å². The number of aliphatic hydroxyl groups is 1. The third-order valence-electron chi connectivity index (χ3n) is 3.31. The molecule has 0 aliphatic carbocycles. The Hall–Kier alpha value is -1.31. The van der Waals surface area contributed by atoms with Gasteiger partial charge in [-0.3, -0.25) is 0 Å². The number of ether oxygens (including phenoxy) is 1. The van der Waals surface area contributed by atoms with Crippen molar-refractivity contribution in [2.24, 2.45) is 0 Å². The maximum absolute atomic E-state index is 10.5. The van der Waals surface area contributed by atoms with Crippen molar-refractivity contribution in [1.29, 1.82) is 0 Å². The number of pyridine rings is 1. The van der Waals surface area contributed by atoms with Crippen molar-refractivity contribution in [3.63, 3.8) is 0 Å². The molecule has 0 spiro atoms. The molecule has 0 aromatic carbocycles. The van der Waals surface area contributed by atoms with Crippen LogP contribution in [-0.4, -0.2) is 33.4 Å². The molecule has 6 nitrogen and oxygen atoms in total. The number of nitrogens with zero attached hydrogens (tertiary/aromatic N) is 3. The number of hydrogen-bond donors (Lipinski definition) is 1. The van der Waals surface area contributed by atoms with E-state index < -0.39 is 5.60 Å². The standard InChI is InChI=1S/C13H14BrN3O3/c1-8-6-9(15-10(14)7-8)11-16-12(20-17-11)13(18)2-4-19-5-3-13/h6-7,18H,2-5H2,1H3. The van der Waals surface area contributed by atoms with Crippen molar-refractivity contribution >= 4 is 15.9 Å². The van der Waals surface area contributed by atoms with E-state index in [4.69, 9.17) is 9.26 Å². The minimum atomic E-state index is -1.09. The lowest BCUT2D eigenvalue weighted by atomic mass is 9.94. The normalized spacial score (nSPS) is 18.1. The van der Waals surface area contributed by atoms with Crippen LogP contribution in [0, 0.1) is 6.92 Å². The largest absolute Gasteiger partial charge is 0.381 e. The van der Waals surface area contributed by atoms with Crippen molar-refractivity contribution in [1.82, 2.24) is 15.1 Å². The Labute approximate surface area is 124 Å². The average Bonchev–Trinajstić information content (AvgIpc) is 2.89. The zero-order chi connectivity index (χ0) is 14.2. The van der Waals surface area contributed by atoms with E-state index in [-0.39, 0.29) is 5.89 Å². The second kappa shape index (κ2) is 5.23. The van der Waals surface area contributed by atoms with Crippen LogP contribution in [0.3, 0.4) is 0 Å². The molecule has 1 N–H and O–H groups in total. The summed E-state index contributed by atoms with van der Waals surface area (Å²) in [7, 11) is 0. The topological polar surface area (TPSA) is 81.3 Å². The lowest BCUT2D eigenvalue weighted by Gasteiger charge is -2.27. The highest BCUT2D eigenvalue weighted by atomic mass is 79.9. The fourth-order valence-corrected chi connectivity index (χ4v) is 2.73. The van der Waals surface area contributed by atoms with E-state index in [0.29, 0.717) is 42.2 Å². The highest BCUT2D eigenvalue weighted by Crippen LogP contribution is 2.31. The van der Waals surface area contributed by atoms with Gasteiger partial charge in [0, 0.05) is 26.1 Å². The molecular weight excluding hydrogens is 326 g/mol. The molecule has 1 fully saturated rings. The maximum atomic E-state index is 10.5. The molecule has 106 valence electrons. The van der Waals surface area contributed by atoms with Crippen molar-refractivity contribution in [2.45, 2.75) is 25.4 Å². The highest BCUT2D eigenvalue weighted by molar-refractivity contribution is 9.10. The highest BCUT2D eigenvalue weighted by Gasteiger charge is 2.37. The Morgan fingerprint density at radius 1 is 1.25 bits per heavy atom. The number of rotatable bonds is 2. The molecule has 7 heteroatoms. The van der Waals surface area contributed by atoms with Gasteiger partial charge in [-0.15, -0.1) is 0 Å². The van der Waals surface area contributed by atoms with Crippen LogP contribution in [0.15, 0.2) is 21.3 Å². The molecule has 2 aromatic heterocycles. The smallest absolute Gasteiger partial charge is 0.259 e. The summed E-state index contributed by atoms with van der Waals surface area (Å²) in [5, 5.41) is 14.4. The first-order valence-corrected chi connectivity index (χ1v) is 7.15. The molecule has 0 amide bonds. The van der Waals surface area contributed by atoms with Crippen molar-refractivity contribution in [3.05, 3.63) is 28.2 Å². The summed E-state index contributed by atoms with van der Waals surface area (Å²) in [4.78, 5) is 8.60. The Balaban J connectivity index is 1.93. The predicted octanol–water partition coefficient (Wildman–Crippen LogP) is 2.20. The Kier molecular flexibility index (Phi) is 3.57. The molecule has 0 unspecified atom stereocenters. The van der Waals surface area contributed by atoms with E-state index >= 15 is 0 Å². The lowest BCUT2D eigenvalue weighted by Crippen LogP contribution is -2.33. The molecule has 0 saturated carbocycles. The first-order valence-electron chi connectivity index (χ1n) is 6.36. The summed E-state index contributed by atoms with van der Waals surface area (Å²) in [5.41, 5.74) is 0.561. The summed E-state index contributed by atoms with van der Waals surface area (Å²) in [6, 6.07) is 3.77. The SMILES string of the molecule is Cc1cc(Br)nc(-c2noc(C3(O)CCOCC3)n2)c1. The zero-order valence-corrected chi connectivity index (χ0v) is 12.6. The fraction of sp³-hybridized carbons (Fsp3) is 0.462. The van der Waals surface area contributed by atoms with Gasteiger partial charge >= 0.3 is 0 Å². The van der Waals surface area contributed by atoms with E-state index in [9.17, 15) is 5.11 Å². The van der Waals surface area contributed by atoms with Gasteiger partial charge in [0.1, 0.15) is 15.9 Å². The van der Waals surface area contributed by atoms with Crippen molar-refractivity contribution in [2.75, 3.05) is 13.2 Å². The van der Waals surface area contributed by atoms with Crippen molar-refractivity contribution < 1.29 is 14.4 Å². The first kappa shape index (κ1) is 13.7. The zero-order valence-electron chi connectivity index (χ0n) is 11.0. The third-order valence-corrected chi connectivity index (χ3v) is 3.72. The summed E-state index contributed by atoms with van der Waals surface area (Å²) >= 11 is 3.34. The number of halogens is 1. The van der Waals surface area contributed by atoms with E-state index in [0.717, 1.165) is 5.56 Å². The quantitative estimate of drug-likeness (QED) is 0.844. The molecular formula is C13H14BrN3O3. The maximum Gasteiger partial charge on any atom is 0.259 e. The number of aromatic nitrogens is 3. The molecule has 20 heavy (non-hydrogen) atoms. The van der Waals surface area contributed by atoms with Gasteiger partial charge in [-0.25, -0.2) is 4.98 Å². The third kappa shape index (κ3) is 2.61. The Morgan fingerprint density at radius 3 is 2.70 bits per heavy atom. The fourth-order valence-electron chi connectivity index (χ4n) is 2.18. The van der Waals surface area contributed by atoms with Crippen LogP contribution in [-0.2, 0) is 10.3 Å². The summed E-state index contributed by atoms with van der Waals surface area (Å²) in [5.74, 6) is 0.611. The van der Waals surface area contributed by atoms with Crippen LogP contribution in [0.1, 0.15) is 24.3 Å².